The maximum atomic E-state index is 9.37. The van der Waals surface area contributed by atoms with E-state index in [0.29, 0.717) is 19.4 Å². The Bertz CT molecular complexity index is 384. The summed E-state index contributed by atoms with van der Waals surface area (Å²) < 4.78 is 5.44. The number of rotatable bonds is 3. The maximum absolute atomic E-state index is 9.37. The summed E-state index contributed by atoms with van der Waals surface area (Å²) in [6.07, 6.45) is 1.07. The van der Waals surface area contributed by atoms with E-state index in [4.69, 9.17) is 10.5 Å². The van der Waals surface area contributed by atoms with Crippen LogP contribution in [0.15, 0.2) is 18.2 Å². The third-order valence-electron chi connectivity index (χ3n) is 3.25. The van der Waals surface area contributed by atoms with Crippen LogP contribution >= 0.6 is 0 Å². The number of hydrogen-bond donors (Lipinski definition) is 2. The summed E-state index contributed by atoms with van der Waals surface area (Å²) in [7, 11) is 0. The Morgan fingerprint density at radius 3 is 2.69 bits per heavy atom. The molecule has 3 nitrogen and oxygen atoms in total. The molecule has 0 bridgehead atoms. The summed E-state index contributed by atoms with van der Waals surface area (Å²) in [4.78, 5) is 0. The molecule has 0 radical (unpaired) electrons. The molecular formula is C13H19NO2. The lowest BCUT2D eigenvalue weighted by atomic mass is 9.69. The predicted octanol–water partition coefficient (Wildman–Crippen LogP) is 1.70. The van der Waals surface area contributed by atoms with Crippen molar-refractivity contribution in [2.45, 2.75) is 38.3 Å². The zero-order chi connectivity index (χ0) is 11.8. The van der Waals surface area contributed by atoms with Crippen molar-refractivity contribution in [1.82, 2.24) is 0 Å². The molecule has 16 heavy (non-hydrogen) atoms. The average molecular weight is 221 g/mol. The Labute approximate surface area is 96.2 Å². The molecule has 1 aromatic rings. The van der Waals surface area contributed by atoms with Gasteiger partial charge in [0.05, 0.1) is 12.7 Å². The summed E-state index contributed by atoms with van der Waals surface area (Å²) in [5, 5.41) is 9.37. The number of aryl methyl sites for hydroxylation is 1. The molecule has 1 saturated carbocycles. The van der Waals surface area contributed by atoms with E-state index in [1.165, 1.54) is 0 Å². The fourth-order valence-corrected chi connectivity index (χ4v) is 2.45. The van der Waals surface area contributed by atoms with Crippen LogP contribution in [0, 0.1) is 6.92 Å². The second-order valence-corrected chi connectivity index (χ2v) is 4.63. The van der Waals surface area contributed by atoms with E-state index < -0.39 is 0 Å². The lowest BCUT2D eigenvalue weighted by Gasteiger charge is -2.43. The lowest BCUT2D eigenvalue weighted by Crippen LogP contribution is -2.52. The number of aliphatic hydroxyl groups is 1. The minimum absolute atomic E-state index is 0.240. The minimum atomic E-state index is -0.339. The van der Waals surface area contributed by atoms with Gasteiger partial charge in [0.2, 0.25) is 0 Å². The maximum Gasteiger partial charge on any atom is 0.119 e. The summed E-state index contributed by atoms with van der Waals surface area (Å²) in [5.74, 6) is 0.882. The van der Waals surface area contributed by atoms with Crippen LogP contribution in [-0.2, 0) is 5.54 Å². The molecule has 1 fully saturated rings. The van der Waals surface area contributed by atoms with Crippen molar-refractivity contribution < 1.29 is 9.84 Å². The largest absolute Gasteiger partial charge is 0.494 e. The zero-order valence-corrected chi connectivity index (χ0v) is 9.86. The number of nitrogens with two attached hydrogens (primary N) is 1. The van der Waals surface area contributed by atoms with Gasteiger partial charge in [-0.1, -0.05) is 6.07 Å². The number of ether oxygens (including phenoxy) is 1. The highest BCUT2D eigenvalue weighted by atomic mass is 16.5. The van der Waals surface area contributed by atoms with E-state index in [1.807, 2.05) is 32.0 Å². The van der Waals surface area contributed by atoms with Crippen LogP contribution in [0.5, 0.6) is 5.75 Å². The molecule has 0 amide bonds. The molecule has 0 heterocycles. The monoisotopic (exact) mass is 221 g/mol. The van der Waals surface area contributed by atoms with Crippen molar-refractivity contribution >= 4 is 0 Å². The number of aliphatic hydroxyl groups excluding tert-OH is 1. The molecule has 1 aliphatic rings. The third kappa shape index (κ3) is 1.93. The van der Waals surface area contributed by atoms with Gasteiger partial charge in [0, 0.05) is 5.54 Å². The molecule has 0 atom stereocenters. The zero-order valence-electron chi connectivity index (χ0n) is 9.86. The SMILES string of the molecule is CCOc1ccc(C2(N)CC(O)C2)c(C)c1. The quantitative estimate of drug-likeness (QED) is 0.817. The van der Waals surface area contributed by atoms with Gasteiger partial charge in [0.15, 0.2) is 0 Å². The van der Waals surface area contributed by atoms with Crippen molar-refractivity contribution in [2.24, 2.45) is 5.73 Å². The molecule has 3 N–H and O–H groups in total. The topological polar surface area (TPSA) is 55.5 Å². The minimum Gasteiger partial charge on any atom is -0.494 e. The van der Waals surface area contributed by atoms with Crippen LogP contribution in [0.2, 0.25) is 0 Å². The first kappa shape index (κ1) is 11.4. The highest BCUT2D eigenvalue weighted by Gasteiger charge is 2.42. The van der Waals surface area contributed by atoms with Gasteiger partial charge in [-0.25, -0.2) is 0 Å². The Kier molecular flexibility index (Phi) is 2.91. The summed E-state index contributed by atoms with van der Waals surface area (Å²) in [5.41, 5.74) is 8.16. The van der Waals surface area contributed by atoms with E-state index in [1.54, 1.807) is 0 Å². The standard InChI is InChI=1S/C13H19NO2/c1-3-16-11-4-5-12(9(2)6-11)13(14)7-10(15)8-13/h4-6,10,15H,3,7-8,14H2,1-2H3. The van der Waals surface area contributed by atoms with Gasteiger partial charge in [-0.3, -0.25) is 0 Å². The predicted molar refractivity (Wildman–Crippen MR) is 63.5 cm³/mol. The highest BCUT2D eigenvalue weighted by Crippen LogP contribution is 2.41. The third-order valence-corrected chi connectivity index (χ3v) is 3.25. The normalized spacial score (nSPS) is 28.6. The van der Waals surface area contributed by atoms with E-state index in [-0.39, 0.29) is 11.6 Å². The highest BCUT2D eigenvalue weighted by molar-refractivity contribution is 5.40. The second kappa shape index (κ2) is 4.07. The van der Waals surface area contributed by atoms with Crippen molar-refractivity contribution in [3.63, 3.8) is 0 Å². The second-order valence-electron chi connectivity index (χ2n) is 4.63. The smallest absolute Gasteiger partial charge is 0.119 e. The van der Waals surface area contributed by atoms with Gasteiger partial charge in [0.1, 0.15) is 5.75 Å². The molecule has 2 rings (SSSR count). The van der Waals surface area contributed by atoms with E-state index in [9.17, 15) is 5.11 Å². The molecule has 1 aromatic carbocycles. The van der Waals surface area contributed by atoms with Crippen LogP contribution in [0.4, 0.5) is 0 Å². The molecule has 0 aromatic heterocycles. The summed E-state index contributed by atoms with van der Waals surface area (Å²) >= 11 is 0. The summed E-state index contributed by atoms with van der Waals surface area (Å²) in [6, 6.07) is 5.98. The Balaban J connectivity index is 2.23. The van der Waals surface area contributed by atoms with E-state index >= 15 is 0 Å². The molecule has 1 aliphatic carbocycles. The fourth-order valence-electron chi connectivity index (χ4n) is 2.45. The van der Waals surface area contributed by atoms with E-state index in [0.717, 1.165) is 16.9 Å². The van der Waals surface area contributed by atoms with Gasteiger partial charge < -0.3 is 15.6 Å². The molecule has 0 spiro atoms. The van der Waals surface area contributed by atoms with Crippen LogP contribution in [-0.4, -0.2) is 17.8 Å². The number of benzene rings is 1. The van der Waals surface area contributed by atoms with Crippen LogP contribution < -0.4 is 10.5 Å². The average Bonchev–Trinajstić information content (AvgIpc) is 2.16. The van der Waals surface area contributed by atoms with Gasteiger partial charge in [-0.15, -0.1) is 0 Å². The first-order valence-electron chi connectivity index (χ1n) is 5.76. The summed E-state index contributed by atoms with van der Waals surface area (Å²) in [6.45, 7) is 4.68. The first-order valence-corrected chi connectivity index (χ1v) is 5.76. The van der Waals surface area contributed by atoms with Crippen molar-refractivity contribution in [3.05, 3.63) is 29.3 Å². The first-order chi connectivity index (χ1) is 7.55. The Morgan fingerprint density at radius 2 is 2.19 bits per heavy atom. The lowest BCUT2D eigenvalue weighted by molar-refractivity contribution is 0.0206. The van der Waals surface area contributed by atoms with Crippen molar-refractivity contribution in [1.29, 1.82) is 0 Å². The Morgan fingerprint density at radius 1 is 1.50 bits per heavy atom. The molecule has 0 saturated heterocycles. The van der Waals surface area contributed by atoms with E-state index in [2.05, 4.69) is 0 Å². The van der Waals surface area contributed by atoms with Gasteiger partial charge in [-0.2, -0.15) is 0 Å². The van der Waals surface area contributed by atoms with Gasteiger partial charge in [-0.05, 0) is 49.9 Å². The van der Waals surface area contributed by atoms with Crippen LogP contribution in [0.25, 0.3) is 0 Å². The number of hydrogen-bond acceptors (Lipinski definition) is 3. The molecule has 88 valence electrons. The van der Waals surface area contributed by atoms with Crippen LogP contribution in [0.3, 0.4) is 0 Å². The molecule has 0 unspecified atom stereocenters. The van der Waals surface area contributed by atoms with Gasteiger partial charge in [0.25, 0.3) is 0 Å². The van der Waals surface area contributed by atoms with Gasteiger partial charge >= 0.3 is 0 Å². The van der Waals surface area contributed by atoms with Crippen molar-refractivity contribution in [2.75, 3.05) is 6.61 Å². The van der Waals surface area contributed by atoms with Crippen LogP contribution in [0.1, 0.15) is 30.9 Å². The fraction of sp³-hybridized carbons (Fsp3) is 0.538. The molecular weight excluding hydrogens is 202 g/mol. The Hall–Kier alpha value is -1.06. The molecule has 0 aliphatic heterocycles. The van der Waals surface area contributed by atoms with Crippen molar-refractivity contribution in [3.8, 4) is 5.75 Å². The molecule has 3 heteroatoms.